The number of ether oxygens (including phenoxy) is 1. The smallest absolute Gasteiger partial charge is 0.304 e. The molecule has 0 atom stereocenters. The van der Waals surface area contributed by atoms with Crippen molar-refractivity contribution in [2.45, 2.75) is 50.0 Å². The van der Waals surface area contributed by atoms with Gasteiger partial charge in [0.1, 0.15) is 17.1 Å². The van der Waals surface area contributed by atoms with Crippen LogP contribution < -0.4 is 9.64 Å². The second kappa shape index (κ2) is 5.25. The largest absolute Gasteiger partial charge is 0.474 e. The molecular formula is C18H17ClF2N4O. The molecule has 0 bridgehead atoms. The van der Waals surface area contributed by atoms with Gasteiger partial charge in [-0.2, -0.15) is 13.8 Å². The minimum atomic E-state index is -3.15. The van der Waals surface area contributed by atoms with Crippen molar-refractivity contribution in [1.29, 1.82) is 0 Å². The Morgan fingerprint density at radius 1 is 1.27 bits per heavy atom. The summed E-state index contributed by atoms with van der Waals surface area (Å²) in [4.78, 5) is 14.2. The van der Waals surface area contributed by atoms with Crippen molar-refractivity contribution in [3.63, 3.8) is 0 Å². The Morgan fingerprint density at radius 2 is 2.04 bits per heavy atom. The van der Waals surface area contributed by atoms with Gasteiger partial charge in [-0.25, -0.2) is 9.97 Å². The third kappa shape index (κ3) is 2.69. The van der Waals surface area contributed by atoms with Crippen molar-refractivity contribution in [3.8, 4) is 5.88 Å². The van der Waals surface area contributed by atoms with Gasteiger partial charge in [0.25, 0.3) is 0 Å². The van der Waals surface area contributed by atoms with Gasteiger partial charge in [0.05, 0.1) is 5.69 Å². The summed E-state index contributed by atoms with van der Waals surface area (Å²) < 4.78 is 33.6. The molecule has 5 rings (SSSR count). The molecule has 1 aliphatic heterocycles. The van der Waals surface area contributed by atoms with Crippen molar-refractivity contribution in [1.82, 2.24) is 15.0 Å². The Kier molecular flexibility index (Phi) is 3.27. The fourth-order valence-corrected chi connectivity index (χ4v) is 3.62. The first-order chi connectivity index (χ1) is 12.3. The highest BCUT2D eigenvalue weighted by Gasteiger charge is 2.52. The van der Waals surface area contributed by atoms with E-state index in [1.54, 1.807) is 18.3 Å². The molecule has 0 unspecified atom stereocenters. The molecule has 136 valence electrons. The van der Waals surface area contributed by atoms with E-state index in [1.807, 2.05) is 4.90 Å². The van der Waals surface area contributed by atoms with Gasteiger partial charge in [-0.15, -0.1) is 0 Å². The van der Waals surface area contributed by atoms with Gasteiger partial charge in [0.2, 0.25) is 11.7 Å². The lowest BCUT2D eigenvalue weighted by Gasteiger charge is -2.21. The maximum atomic E-state index is 13.9. The number of hydrogen-bond acceptors (Lipinski definition) is 5. The van der Waals surface area contributed by atoms with Gasteiger partial charge in [-0.3, -0.25) is 0 Å². The molecule has 2 aromatic heterocycles. The predicted octanol–water partition coefficient (Wildman–Crippen LogP) is 4.36. The minimum Gasteiger partial charge on any atom is -0.474 e. The Morgan fingerprint density at radius 3 is 2.69 bits per heavy atom. The lowest BCUT2D eigenvalue weighted by molar-refractivity contribution is 0.00700. The van der Waals surface area contributed by atoms with Crippen LogP contribution >= 0.6 is 11.6 Å². The van der Waals surface area contributed by atoms with Gasteiger partial charge in [0.15, 0.2) is 0 Å². The summed E-state index contributed by atoms with van der Waals surface area (Å²) in [7, 11) is 0. The van der Waals surface area contributed by atoms with Crippen molar-refractivity contribution < 1.29 is 13.5 Å². The van der Waals surface area contributed by atoms with Crippen LogP contribution in [0.15, 0.2) is 18.3 Å². The van der Waals surface area contributed by atoms with Crippen LogP contribution in [0.5, 0.6) is 5.88 Å². The van der Waals surface area contributed by atoms with Crippen molar-refractivity contribution in [3.05, 3.63) is 34.9 Å². The first kappa shape index (κ1) is 16.2. The number of rotatable bonds is 4. The molecule has 1 spiro atoms. The van der Waals surface area contributed by atoms with E-state index in [0.717, 1.165) is 43.9 Å². The molecule has 2 saturated carbocycles. The fraction of sp³-hybridized carbons (Fsp3) is 0.500. The van der Waals surface area contributed by atoms with E-state index in [4.69, 9.17) is 16.3 Å². The highest BCUT2D eigenvalue weighted by Crippen LogP contribution is 2.58. The van der Waals surface area contributed by atoms with Crippen LogP contribution in [0.4, 0.5) is 20.3 Å². The SMILES string of the molecule is CC(F)(F)c1nc(OC2CC2)cc(N2CC3(CC3)c3cnc(Cl)cc32)n1. The fourth-order valence-electron chi connectivity index (χ4n) is 3.47. The van der Waals surface area contributed by atoms with Crippen molar-refractivity contribution in [2.75, 3.05) is 11.4 Å². The highest BCUT2D eigenvalue weighted by molar-refractivity contribution is 6.29. The van der Waals surface area contributed by atoms with E-state index in [-0.39, 0.29) is 17.4 Å². The number of pyridine rings is 1. The number of fused-ring (bicyclic) bond motifs is 2. The predicted molar refractivity (Wildman–Crippen MR) is 92.4 cm³/mol. The molecule has 2 aliphatic carbocycles. The third-order valence-corrected chi connectivity index (χ3v) is 5.40. The van der Waals surface area contributed by atoms with E-state index < -0.39 is 11.7 Å². The van der Waals surface area contributed by atoms with Crippen molar-refractivity contribution in [2.24, 2.45) is 0 Å². The molecule has 2 fully saturated rings. The Hall–Kier alpha value is -2.02. The number of nitrogens with zero attached hydrogens (tertiary/aromatic N) is 4. The Balaban J connectivity index is 1.60. The first-order valence-corrected chi connectivity index (χ1v) is 9.09. The molecular weight excluding hydrogens is 362 g/mol. The van der Waals surface area contributed by atoms with E-state index in [1.165, 1.54) is 0 Å². The summed E-state index contributed by atoms with van der Waals surface area (Å²) in [6.07, 6.45) is 5.81. The van der Waals surface area contributed by atoms with Crippen LogP contribution in [-0.4, -0.2) is 27.6 Å². The van der Waals surface area contributed by atoms with Gasteiger partial charge in [-0.05, 0) is 31.7 Å². The molecule has 0 N–H and O–H groups in total. The second-order valence-electron chi connectivity index (χ2n) is 7.48. The monoisotopic (exact) mass is 378 g/mol. The maximum absolute atomic E-state index is 13.9. The quantitative estimate of drug-likeness (QED) is 0.740. The number of alkyl halides is 2. The summed E-state index contributed by atoms with van der Waals surface area (Å²) in [5.74, 6) is -3.05. The molecule has 26 heavy (non-hydrogen) atoms. The molecule has 2 aromatic rings. The molecule has 8 heteroatoms. The van der Waals surface area contributed by atoms with E-state index in [0.29, 0.717) is 17.5 Å². The average molecular weight is 379 g/mol. The summed E-state index contributed by atoms with van der Waals surface area (Å²) in [6.45, 7) is 1.48. The lowest BCUT2D eigenvalue weighted by atomic mass is 10.0. The van der Waals surface area contributed by atoms with Gasteiger partial charge in [-0.1, -0.05) is 11.6 Å². The maximum Gasteiger partial charge on any atom is 0.304 e. The molecule has 3 aliphatic rings. The van der Waals surface area contributed by atoms with Gasteiger partial charge in [0, 0.05) is 36.7 Å². The van der Waals surface area contributed by atoms with Crippen LogP contribution in [0.1, 0.15) is 44.0 Å². The highest BCUT2D eigenvalue weighted by atomic mass is 35.5. The van der Waals surface area contributed by atoms with Crippen LogP contribution in [0.2, 0.25) is 5.15 Å². The van der Waals surface area contributed by atoms with Crippen LogP contribution in [-0.2, 0) is 11.3 Å². The zero-order valence-electron chi connectivity index (χ0n) is 14.2. The molecule has 0 aromatic carbocycles. The zero-order chi connectivity index (χ0) is 18.1. The average Bonchev–Trinajstić information content (AvgIpc) is 3.48. The Labute approximate surface area is 154 Å². The lowest BCUT2D eigenvalue weighted by Crippen LogP contribution is -2.23. The molecule has 0 amide bonds. The van der Waals surface area contributed by atoms with Crippen molar-refractivity contribution >= 4 is 23.1 Å². The van der Waals surface area contributed by atoms with Gasteiger partial charge >= 0.3 is 5.92 Å². The summed E-state index contributed by atoms with van der Waals surface area (Å²) in [5.41, 5.74) is 2.02. The van der Waals surface area contributed by atoms with Gasteiger partial charge < -0.3 is 9.64 Å². The Bertz CT molecular complexity index is 893. The number of hydrogen-bond donors (Lipinski definition) is 0. The molecule has 0 saturated heterocycles. The number of anilines is 2. The molecule has 0 radical (unpaired) electrons. The van der Waals surface area contributed by atoms with E-state index >= 15 is 0 Å². The second-order valence-corrected chi connectivity index (χ2v) is 7.87. The minimum absolute atomic E-state index is 0.0320. The summed E-state index contributed by atoms with van der Waals surface area (Å²) >= 11 is 6.09. The van der Waals surface area contributed by atoms with E-state index in [9.17, 15) is 8.78 Å². The normalized spacial score (nSPS) is 20.4. The number of halogens is 3. The zero-order valence-corrected chi connectivity index (χ0v) is 14.9. The van der Waals surface area contributed by atoms with Crippen LogP contribution in [0.3, 0.4) is 0 Å². The van der Waals surface area contributed by atoms with Crippen LogP contribution in [0, 0.1) is 0 Å². The molecule has 3 heterocycles. The summed E-state index contributed by atoms with van der Waals surface area (Å²) in [5, 5.41) is 0.371. The third-order valence-electron chi connectivity index (χ3n) is 5.20. The standard InChI is InChI=1S/C18H17ClF2N4O/c1-17(20,21)16-23-14(7-15(24-16)26-10-2-3-10)25-9-18(4-5-18)11-8-22-13(19)6-12(11)25/h6-8,10H,2-5,9H2,1H3. The van der Waals surface area contributed by atoms with E-state index in [2.05, 4.69) is 15.0 Å². The first-order valence-electron chi connectivity index (χ1n) is 8.72. The summed E-state index contributed by atoms with van der Waals surface area (Å²) in [6, 6.07) is 3.42. The van der Waals surface area contributed by atoms with Crippen LogP contribution in [0.25, 0.3) is 0 Å². The molecule has 5 nitrogen and oxygen atoms in total. The topological polar surface area (TPSA) is 51.1 Å². The number of aromatic nitrogens is 3.